The first-order valence-electron chi connectivity index (χ1n) is 9.91. The largest absolute Gasteiger partial charge is 0.296 e. The van der Waals surface area contributed by atoms with Crippen LogP contribution < -0.4 is 0 Å². The van der Waals surface area contributed by atoms with Gasteiger partial charge in [0.2, 0.25) is 0 Å². The van der Waals surface area contributed by atoms with E-state index in [2.05, 4.69) is 97.9 Å². The number of nitrogens with zero attached hydrogens (tertiary/aromatic N) is 1. The molecule has 145 valence electrons. The van der Waals surface area contributed by atoms with Crippen molar-refractivity contribution in [3.05, 3.63) is 103 Å². The fourth-order valence-electron chi connectivity index (χ4n) is 4.35. The van der Waals surface area contributed by atoms with Crippen molar-refractivity contribution in [1.29, 1.82) is 0 Å². The average Bonchev–Trinajstić information content (AvgIpc) is 3.10. The summed E-state index contributed by atoms with van der Waals surface area (Å²) in [6.45, 7) is 2.11. The van der Waals surface area contributed by atoms with Crippen molar-refractivity contribution in [2.45, 2.75) is 6.92 Å². The van der Waals surface area contributed by atoms with Crippen molar-refractivity contribution >= 4 is 10.9 Å². The second-order valence-electron chi connectivity index (χ2n) is 7.66. The number of benzene rings is 4. The summed E-state index contributed by atoms with van der Waals surface area (Å²) in [5.41, 5.74) is 11.8. The van der Waals surface area contributed by atoms with Gasteiger partial charge in [0.05, 0.1) is 5.52 Å². The van der Waals surface area contributed by atoms with Gasteiger partial charge < -0.3 is 0 Å². The van der Waals surface area contributed by atoms with E-state index in [9.17, 15) is 0 Å². The van der Waals surface area contributed by atoms with Gasteiger partial charge in [-0.1, -0.05) is 72.3 Å². The predicted octanol–water partition coefficient (Wildman–Crippen LogP) is 7.32. The number of rotatable bonds is 2. The molecule has 4 aromatic carbocycles. The molecule has 0 saturated heterocycles. The van der Waals surface area contributed by atoms with Crippen molar-refractivity contribution in [2.24, 2.45) is 0 Å². The van der Waals surface area contributed by atoms with Crippen LogP contribution in [0.4, 0.5) is 0 Å². The maximum atomic E-state index is 5.01. The van der Waals surface area contributed by atoms with Crippen LogP contribution in [0.25, 0.3) is 55.5 Å². The van der Waals surface area contributed by atoms with Gasteiger partial charge in [0.25, 0.3) is 0 Å². The molecule has 1 heterocycles. The van der Waals surface area contributed by atoms with E-state index < -0.39 is 0 Å². The van der Waals surface area contributed by atoms with Crippen LogP contribution in [0.1, 0.15) is 5.56 Å². The number of pyridine rings is 1. The number of aromatic nitrogens is 1. The molecule has 0 saturated carbocycles. The zero-order valence-corrected chi connectivity index (χ0v) is 18.8. The molecule has 0 atom stereocenters. The van der Waals surface area contributed by atoms with E-state index in [-0.39, 0.29) is 20.1 Å². The summed E-state index contributed by atoms with van der Waals surface area (Å²) in [4.78, 5) is 5.01. The molecular formula is C28H18IrN-. The minimum absolute atomic E-state index is 0. The Hall–Kier alpha value is -3.06. The van der Waals surface area contributed by atoms with Crippen molar-refractivity contribution in [2.75, 3.05) is 0 Å². The van der Waals surface area contributed by atoms with Crippen LogP contribution in [0.3, 0.4) is 0 Å². The Morgan fingerprint density at radius 3 is 2.20 bits per heavy atom. The first-order valence-corrected chi connectivity index (χ1v) is 9.91. The molecule has 0 spiro atoms. The van der Waals surface area contributed by atoms with Crippen LogP contribution in [-0.4, -0.2) is 4.98 Å². The summed E-state index contributed by atoms with van der Waals surface area (Å²) >= 11 is 0. The van der Waals surface area contributed by atoms with Crippen molar-refractivity contribution in [3.63, 3.8) is 0 Å². The molecule has 30 heavy (non-hydrogen) atoms. The third-order valence-corrected chi connectivity index (χ3v) is 5.80. The zero-order valence-electron chi connectivity index (χ0n) is 16.4. The van der Waals surface area contributed by atoms with E-state index in [1.54, 1.807) is 0 Å². The van der Waals surface area contributed by atoms with Gasteiger partial charge in [-0.3, -0.25) is 4.98 Å². The van der Waals surface area contributed by atoms with Crippen molar-refractivity contribution in [1.82, 2.24) is 4.98 Å². The van der Waals surface area contributed by atoms with E-state index in [1.807, 2.05) is 6.07 Å². The van der Waals surface area contributed by atoms with Crippen LogP contribution in [-0.2, 0) is 20.1 Å². The summed E-state index contributed by atoms with van der Waals surface area (Å²) in [7, 11) is 0. The Kier molecular flexibility index (Phi) is 4.62. The van der Waals surface area contributed by atoms with Crippen molar-refractivity contribution in [3.8, 4) is 44.6 Å². The minimum atomic E-state index is 0. The summed E-state index contributed by atoms with van der Waals surface area (Å²) in [6.07, 6.45) is 0. The molecule has 0 aliphatic heterocycles. The maximum Gasteiger partial charge on any atom is 0.0607 e. The molecule has 2 heteroatoms. The second-order valence-corrected chi connectivity index (χ2v) is 7.66. The molecule has 1 aliphatic rings. The SMILES string of the molecule is Cc1ccc(-c2cc[c-]c(-c3cc4c5c(cccc5n3)-c3ccccc3-4)c2)cc1.[Ir]. The molecule has 1 aliphatic carbocycles. The molecule has 0 N–H and O–H groups in total. The van der Waals surface area contributed by atoms with Crippen LogP contribution in [0.2, 0.25) is 0 Å². The van der Waals surface area contributed by atoms with Crippen LogP contribution in [0.5, 0.6) is 0 Å². The molecule has 1 radical (unpaired) electrons. The van der Waals surface area contributed by atoms with E-state index >= 15 is 0 Å². The summed E-state index contributed by atoms with van der Waals surface area (Å²) in [5.74, 6) is 0. The molecule has 0 fully saturated rings. The Labute approximate surface area is 189 Å². The van der Waals surface area contributed by atoms with E-state index in [0.717, 1.165) is 16.8 Å². The molecular weight excluding hydrogens is 543 g/mol. The topological polar surface area (TPSA) is 12.9 Å². The molecule has 5 aromatic rings. The first kappa shape index (κ1) is 18.9. The average molecular weight is 561 g/mol. The normalized spacial score (nSPS) is 11.2. The van der Waals surface area contributed by atoms with E-state index in [1.165, 1.54) is 44.3 Å². The summed E-state index contributed by atoms with van der Waals surface area (Å²) < 4.78 is 0. The van der Waals surface area contributed by atoms with E-state index in [4.69, 9.17) is 4.98 Å². The standard InChI is InChI=1S/C28H18N.Ir/c1-18-12-14-19(15-13-18)20-6-4-7-21(16-20)27-17-25-23-9-3-2-8-22(23)24-10-5-11-26(29-27)28(24)25;/h2-6,8-17H,1H3;/q-1;. The van der Waals surface area contributed by atoms with E-state index in [0.29, 0.717) is 0 Å². The molecule has 0 amide bonds. The van der Waals surface area contributed by atoms with Gasteiger partial charge in [-0.25, -0.2) is 0 Å². The molecule has 0 bridgehead atoms. The number of fused-ring (bicyclic) bond motifs is 3. The molecule has 1 nitrogen and oxygen atoms in total. The Bertz CT molecular complexity index is 1400. The maximum absolute atomic E-state index is 5.01. The Morgan fingerprint density at radius 1 is 0.667 bits per heavy atom. The first-order chi connectivity index (χ1) is 14.3. The summed E-state index contributed by atoms with van der Waals surface area (Å²) in [5, 5.41) is 1.26. The molecule has 0 unspecified atom stereocenters. The third kappa shape index (κ3) is 2.92. The molecule has 1 aromatic heterocycles. The smallest absolute Gasteiger partial charge is 0.0607 e. The molecule has 6 rings (SSSR count). The fourth-order valence-corrected chi connectivity index (χ4v) is 4.35. The minimum Gasteiger partial charge on any atom is -0.296 e. The van der Waals surface area contributed by atoms with Gasteiger partial charge in [-0.15, -0.1) is 35.4 Å². The van der Waals surface area contributed by atoms with Crippen molar-refractivity contribution < 1.29 is 20.1 Å². The van der Waals surface area contributed by atoms with Gasteiger partial charge in [0, 0.05) is 25.5 Å². The van der Waals surface area contributed by atoms with Gasteiger partial charge in [0.15, 0.2) is 0 Å². The Morgan fingerprint density at radius 2 is 1.40 bits per heavy atom. The fraction of sp³-hybridized carbons (Fsp3) is 0.0357. The Balaban J connectivity index is 0.00000193. The van der Waals surface area contributed by atoms with Gasteiger partial charge in [-0.05, 0) is 46.5 Å². The predicted molar refractivity (Wildman–Crippen MR) is 121 cm³/mol. The zero-order chi connectivity index (χ0) is 19.4. The van der Waals surface area contributed by atoms with Gasteiger partial charge in [-0.2, -0.15) is 0 Å². The number of aryl methyl sites for hydroxylation is 1. The quantitative estimate of drug-likeness (QED) is 0.202. The van der Waals surface area contributed by atoms with Crippen LogP contribution in [0.15, 0.2) is 91.0 Å². The number of hydrogen-bond acceptors (Lipinski definition) is 1. The third-order valence-electron chi connectivity index (χ3n) is 5.80. The monoisotopic (exact) mass is 561 g/mol. The second kappa shape index (κ2) is 7.32. The van der Waals surface area contributed by atoms with Crippen LogP contribution in [0, 0.1) is 13.0 Å². The summed E-state index contributed by atoms with van der Waals surface area (Å²) in [6, 6.07) is 35.6. The van der Waals surface area contributed by atoms with Gasteiger partial charge in [0.1, 0.15) is 0 Å². The van der Waals surface area contributed by atoms with Gasteiger partial charge >= 0.3 is 0 Å². The van der Waals surface area contributed by atoms with Crippen LogP contribution >= 0.6 is 0 Å². The number of hydrogen-bond donors (Lipinski definition) is 0.